The topological polar surface area (TPSA) is 88.2 Å². The van der Waals surface area contributed by atoms with Gasteiger partial charge in [-0.15, -0.1) is 0 Å². The molecule has 7 heteroatoms. The first-order valence-electron chi connectivity index (χ1n) is 8.94. The maximum atomic E-state index is 11.8. The van der Waals surface area contributed by atoms with Gasteiger partial charge in [-0.1, -0.05) is 30.3 Å². The van der Waals surface area contributed by atoms with Gasteiger partial charge in [-0.25, -0.2) is 10.2 Å². The number of hydrogen-bond donors (Lipinski definition) is 3. The molecular weight excluding hydrogens is 356 g/mol. The van der Waals surface area contributed by atoms with Gasteiger partial charge in [0.25, 0.3) is 5.56 Å². The fourth-order valence-electron chi connectivity index (χ4n) is 2.79. The Morgan fingerprint density at radius 1 is 1.07 bits per heavy atom. The Morgan fingerprint density at radius 3 is 2.50 bits per heavy atom. The van der Waals surface area contributed by atoms with Crippen molar-refractivity contribution in [2.75, 3.05) is 12.5 Å². The molecule has 1 aromatic heterocycles. The number of anilines is 1. The normalized spacial score (nSPS) is 11.2. The van der Waals surface area contributed by atoms with Crippen molar-refractivity contribution in [3.8, 4) is 5.75 Å². The number of ether oxygens (including phenoxy) is 1. The number of rotatable bonds is 7. The molecule has 0 atom stereocenters. The molecule has 0 saturated heterocycles. The molecule has 3 aromatic rings. The molecule has 3 N–H and O–H groups in total. The highest BCUT2D eigenvalue weighted by molar-refractivity contribution is 5.47. The Hall–Kier alpha value is -3.32. The number of nitrogens with one attached hydrogen (secondary N) is 3. The van der Waals surface area contributed by atoms with Crippen LogP contribution < -0.4 is 26.8 Å². The highest BCUT2D eigenvalue weighted by Gasteiger charge is 2.19. The van der Waals surface area contributed by atoms with Crippen molar-refractivity contribution >= 4 is 5.69 Å². The summed E-state index contributed by atoms with van der Waals surface area (Å²) in [4.78, 5) is 25.2. The molecule has 28 heavy (non-hydrogen) atoms. The van der Waals surface area contributed by atoms with Crippen LogP contribution in [0.5, 0.6) is 5.75 Å². The van der Waals surface area contributed by atoms with Crippen molar-refractivity contribution in [2.24, 2.45) is 0 Å². The standard InChI is InChI=1S/C21H24N4O3/c1-21(2,24-23-17-5-4-6-18(13-17)28-3)16-9-7-15(8-10-16)14-25-12-11-19(26)22-20(25)27/h4-13,23-24H,14H2,1-3H3,(H,22,26,27). The van der Waals surface area contributed by atoms with Crippen LogP contribution in [0.1, 0.15) is 25.0 Å². The number of aromatic amines is 1. The minimum Gasteiger partial charge on any atom is -0.497 e. The lowest BCUT2D eigenvalue weighted by Gasteiger charge is -2.28. The Balaban J connectivity index is 1.68. The van der Waals surface area contributed by atoms with Gasteiger partial charge in [0.05, 0.1) is 24.9 Å². The van der Waals surface area contributed by atoms with Crippen LogP contribution in [0.4, 0.5) is 5.69 Å². The molecule has 0 amide bonds. The number of nitrogens with zero attached hydrogens (tertiary/aromatic N) is 1. The maximum absolute atomic E-state index is 11.8. The molecule has 3 rings (SSSR count). The molecule has 7 nitrogen and oxygen atoms in total. The summed E-state index contributed by atoms with van der Waals surface area (Å²) < 4.78 is 6.70. The summed E-state index contributed by atoms with van der Waals surface area (Å²) in [5, 5.41) is 0. The lowest BCUT2D eigenvalue weighted by molar-refractivity contribution is 0.414. The van der Waals surface area contributed by atoms with Gasteiger partial charge in [-0.05, 0) is 37.1 Å². The van der Waals surface area contributed by atoms with E-state index in [1.54, 1.807) is 7.11 Å². The third-order valence-electron chi connectivity index (χ3n) is 4.51. The molecule has 0 unspecified atom stereocenters. The van der Waals surface area contributed by atoms with Crippen LogP contribution in [-0.4, -0.2) is 16.7 Å². The van der Waals surface area contributed by atoms with E-state index in [1.807, 2.05) is 48.5 Å². The first-order chi connectivity index (χ1) is 13.4. The van der Waals surface area contributed by atoms with Crippen LogP contribution in [0.15, 0.2) is 70.4 Å². The summed E-state index contributed by atoms with van der Waals surface area (Å²) in [5.74, 6) is 0.784. The summed E-state index contributed by atoms with van der Waals surface area (Å²) in [6.07, 6.45) is 1.50. The van der Waals surface area contributed by atoms with Gasteiger partial charge < -0.3 is 10.2 Å². The van der Waals surface area contributed by atoms with E-state index in [0.29, 0.717) is 6.54 Å². The predicted octanol–water partition coefficient (Wildman–Crippen LogP) is 2.45. The van der Waals surface area contributed by atoms with E-state index < -0.39 is 11.2 Å². The highest BCUT2D eigenvalue weighted by Crippen LogP contribution is 2.22. The Bertz CT molecular complexity index is 1050. The Labute approximate surface area is 163 Å². The third-order valence-corrected chi connectivity index (χ3v) is 4.51. The van der Waals surface area contributed by atoms with Crippen molar-refractivity contribution in [1.82, 2.24) is 15.0 Å². The molecule has 1 heterocycles. The monoisotopic (exact) mass is 380 g/mol. The number of methoxy groups -OCH3 is 1. The third kappa shape index (κ3) is 4.69. The van der Waals surface area contributed by atoms with E-state index in [2.05, 4.69) is 29.7 Å². The van der Waals surface area contributed by atoms with Gasteiger partial charge in [0.1, 0.15) is 5.75 Å². The van der Waals surface area contributed by atoms with Crippen molar-refractivity contribution in [2.45, 2.75) is 25.9 Å². The Kier molecular flexibility index (Phi) is 5.65. The van der Waals surface area contributed by atoms with Crippen LogP contribution in [0.3, 0.4) is 0 Å². The quantitative estimate of drug-likeness (QED) is 0.548. The van der Waals surface area contributed by atoms with Crippen molar-refractivity contribution in [3.63, 3.8) is 0 Å². The van der Waals surface area contributed by atoms with Crippen molar-refractivity contribution in [1.29, 1.82) is 0 Å². The van der Waals surface area contributed by atoms with Crippen molar-refractivity contribution < 1.29 is 4.74 Å². The number of aromatic nitrogens is 2. The first kappa shape index (κ1) is 19.4. The predicted molar refractivity (Wildman–Crippen MR) is 110 cm³/mol. The Morgan fingerprint density at radius 2 is 1.82 bits per heavy atom. The second-order valence-corrected chi connectivity index (χ2v) is 7.04. The second kappa shape index (κ2) is 8.14. The van der Waals surface area contributed by atoms with Crippen LogP contribution >= 0.6 is 0 Å². The molecule has 0 aliphatic heterocycles. The molecule has 0 aliphatic rings. The number of hydrazine groups is 1. The van der Waals surface area contributed by atoms with E-state index in [1.165, 1.54) is 16.8 Å². The minimum atomic E-state index is -0.416. The fraction of sp³-hybridized carbons (Fsp3) is 0.238. The molecule has 0 aliphatic carbocycles. The van der Waals surface area contributed by atoms with Gasteiger partial charge in [-0.3, -0.25) is 14.3 Å². The highest BCUT2D eigenvalue weighted by atomic mass is 16.5. The maximum Gasteiger partial charge on any atom is 0.328 e. The molecular formula is C21H24N4O3. The number of H-pyrrole nitrogens is 1. The van der Waals surface area contributed by atoms with Gasteiger partial charge in [0.2, 0.25) is 0 Å². The second-order valence-electron chi connectivity index (χ2n) is 7.04. The zero-order valence-corrected chi connectivity index (χ0v) is 16.2. The SMILES string of the molecule is COc1cccc(NNC(C)(C)c2ccc(Cn3ccc(=O)[nH]c3=O)cc2)c1. The average Bonchev–Trinajstić information content (AvgIpc) is 2.69. The van der Waals surface area contributed by atoms with Gasteiger partial charge in [-0.2, -0.15) is 0 Å². The van der Waals surface area contributed by atoms with Crippen LogP contribution in [0.25, 0.3) is 0 Å². The summed E-state index contributed by atoms with van der Waals surface area (Å²) in [5.41, 5.74) is 8.35. The van der Waals surface area contributed by atoms with Crippen LogP contribution in [0, 0.1) is 0 Å². The van der Waals surface area contributed by atoms with Gasteiger partial charge in [0.15, 0.2) is 0 Å². The average molecular weight is 380 g/mol. The molecule has 2 aromatic carbocycles. The van der Waals surface area contributed by atoms with E-state index in [-0.39, 0.29) is 5.54 Å². The zero-order chi connectivity index (χ0) is 20.1. The van der Waals surface area contributed by atoms with Gasteiger partial charge >= 0.3 is 5.69 Å². The summed E-state index contributed by atoms with van der Waals surface area (Å²) >= 11 is 0. The van der Waals surface area contributed by atoms with Crippen molar-refractivity contribution in [3.05, 3.63) is 92.8 Å². The smallest absolute Gasteiger partial charge is 0.328 e. The zero-order valence-electron chi connectivity index (χ0n) is 16.2. The van der Waals surface area contributed by atoms with Crippen LogP contribution in [-0.2, 0) is 12.1 Å². The first-order valence-corrected chi connectivity index (χ1v) is 8.94. The van der Waals surface area contributed by atoms with Gasteiger partial charge in [0, 0.05) is 18.3 Å². The summed E-state index contributed by atoms with van der Waals surface area (Å²) in [6.45, 7) is 4.54. The number of hydrogen-bond acceptors (Lipinski definition) is 5. The summed E-state index contributed by atoms with van der Waals surface area (Å²) in [7, 11) is 1.64. The van der Waals surface area contributed by atoms with E-state index in [0.717, 1.165) is 22.6 Å². The summed E-state index contributed by atoms with van der Waals surface area (Å²) in [6, 6.07) is 17.0. The van der Waals surface area contributed by atoms with Crippen LogP contribution in [0.2, 0.25) is 0 Å². The lowest BCUT2D eigenvalue weighted by Crippen LogP contribution is -2.40. The molecule has 0 spiro atoms. The molecule has 0 fully saturated rings. The molecule has 0 radical (unpaired) electrons. The largest absolute Gasteiger partial charge is 0.497 e. The van der Waals surface area contributed by atoms with E-state index >= 15 is 0 Å². The van der Waals surface area contributed by atoms with E-state index in [9.17, 15) is 9.59 Å². The number of benzene rings is 2. The van der Waals surface area contributed by atoms with E-state index in [4.69, 9.17) is 4.74 Å². The minimum absolute atomic E-state index is 0.337. The lowest BCUT2D eigenvalue weighted by atomic mass is 9.94. The molecule has 146 valence electrons. The molecule has 0 saturated carbocycles. The molecule has 0 bridgehead atoms. The fourth-order valence-corrected chi connectivity index (χ4v) is 2.79.